The first-order valence-corrected chi connectivity index (χ1v) is 10.6. The number of halogens is 2. The van der Waals surface area contributed by atoms with Crippen molar-refractivity contribution in [3.63, 3.8) is 0 Å². The van der Waals surface area contributed by atoms with Crippen molar-refractivity contribution in [2.75, 3.05) is 17.6 Å². The summed E-state index contributed by atoms with van der Waals surface area (Å²) in [4.78, 5) is 20.5. The van der Waals surface area contributed by atoms with Gasteiger partial charge in [-0.05, 0) is 44.2 Å². The van der Waals surface area contributed by atoms with Crippen molar-refractivity contribution in [2.45, 2.75) is 38.1 Å². The van der Waals surface area contributed by atoms with E-state index in [0.717, 1.165) is 43.7 Å². The Kier molecular flexibility index (Phi) is 4.69. The summed E-state index contributed by atoms with van der Waals surface area (Å²) in [6, 6.07) is 3.10. The quantitative estimate of drug-likeness (QED) is 0.468. The molecule has 0 radical (unpaired) electrons. The predicted octanol–water partition coefficient (Wildman–Crippen LogP) is 4.08. The average Bonchev–Trinajstić information content (AvgIpc) is 3.45. The molecule has 3 N–H and O–H groups in total. The molecule has 2 aromatic heterocycles. The molecule has 1 aliphatic heterocycles. The number of anilines is 2. The van der Waals surface area contributed by atoms with Crippen LogP contribution in [0.5, 0.6) is 0 Å². The Balaban J connectivity index is 1.54. The Morgan fingerprint density at radius 2 is 2.26 bits per heavy atom. The van der Waals surface area contributed by atoms with E-state index in [2.05, 4.69) is 20.4 Å². The van der Waals surface area contributed by atoms with Crippen LogP contribution in [0.3, 0.4) is 0 Å². The second-order valence-corrected chi connectivity index (χ2v) is 8.90. The van der Waals surface area contributed by atoms with Crippen LogP contribution in [0.25, 0.3) is 11.1 Å². The molecule has 1 aliphatic carbocycles. The zero-order valence-corrected chi connectivity index (χ0v) is 17.8. The number of aromatic nitrogens is 4. The van der Waals surface area contributed by atoms with Crippen LogP contribution in [-0.2, 0) is 12.0 Å². The first-order chi connectivity index (χ1) is 14.9. The van der Waals surface area contributed by atoms with Crippen molar-refractivity contribution in [3.8, 4) is 11.1 Å². The van der Waals surface area contributed by atoms with Crippen molar-refractivity contribution in [3.05, 3.63) is 53.0 Å². The van der Waals surface area contributed by atoms with E-state index in [-0.39, 0.29) is 22.2 Å². The van der Waals surface area contributed by atoms with E-state index in [0.29, 0.717) is 16.5 Å². The van der Waals surface area contributed by atoms with Crippen molar-refractivity contribution >= 4 is 28.9 Å². The molecule has 3 heterocycles. The van der Waals surface area contributed by atoms with Gasteiger partial charge in [-0.15, -0.1) is 0 Å². The summed E-state index contributed by atoms with van der Waals surface area (Å²) in [6.45, 7) is 2.85. The number of pyridine rings is 1. The lowest BCUT2D eigenvalue weighted by Crippen LogP contribution is -2.26. The number of nitrogens with two attached hydrogens (primary N) is 1. The summed E-state index contributed by atoms with van der Waals surface area (Å²) in [6.07, 6.45) is 7.76. The van der Waals surface area contributed by atoms with Gasteiger partial charge in [-0.2, -0.15) is 5.10 Å². The number of Topliss-reactive ketones (excluding diaryl/α,β-unsaturated/α-hetero) is 1. The number of nitrogens with zero attached hydrogens (tertiary/aromatic N) is 4. The molecule has 31 heavy (non-hydrogen) atoms. The summed E-state index contributed by atoms with van der Waals surface area (Å²) < 4.78 is 17.1. The van der Waals surface area contributed by atoms with Crippen LogP contribution in [0.1, 0.15) is 42.1 Å². The van der Waals surface area contributed by atoms with Crippen molar-refractivity contribution in [2.24, 2.45) is 5.92 Å². The van der Waals surface area contributed by atoms with E-state index in [1.165, 1.54) is 13.0 Å². The molecule has 3 aromatic rings. The van der Waals surface area contributed by atoms with Crippen LogP contribution < -0.4 is 11.1 Å². The fraction of sp³-hybridized carbons (Fsp3) is 0.364. The molecule has 160 valence electrons. The Morgan fingerprint density at radius 1 is 1.42 bits per heavy atom. The summed E-state index contributed by atoms with van der Waals surface area (Å²) in [5, 5.41) is 8.09. The van der Waals surface area contributed by atoms with Crippen LogP contribution in [0.15, 0.2) is 31.0 Å². The minimum absolute atomic E-state index is 0.115. The van der Waals surface area contributed by atoms with E-state index < -0.39 is 11.6 Å². The zero-order valence-electron chi connectivity index (χ0n) is 17.0. The highest BCUT2D eigenvalue weighted by atomic mass is 35.5. The number of benzene rings is 1. The molecule has 1 aromatic carbocycles. The maximum Gasteiger partial charge on any atom is 0.164 e. The lowest BCUT2D eigenvalue weighted by Gasteiger charge is -2.25. The van der Waals surface area contributed by atoms with Gasteiger partial charge in [-0.1, -0.05) is 11.6 Å². The number of nitrogen functional groups attached to an aromatic ring is 1. The number of carbonyl (C=O) groups excluding carboxylic acids is 1. The summed E-state index contributed by atoms with van der Waals surface area (Å²) in [7, 11) is 0. The van der Waals surface area contributed by atoms with Gasteiger partial charge in [0.25, 0.3) is 0 Å². The number of hydrogen-bond donors (Lipinski definition) is 2. The average molecular weight is 441 g/mol. The van der Waals surface area contributed by atoms with Crippen LogP contribution >= 0.6 is 11.6 Å². The van der Waals surface area contributed by atoms with Crippen LogP contribution in [0.2, 0.25) is 5.02 Å². The van der Waals surface area contributed by atoms with E-state index in [9.17, 15) is 4.79 Å². The van der Waals surface area contributed by atoms with E-state index in [1.54, 1.807) is 24.9 Å². The molecule has 0 saturated heterocycles. The van der Waals surface area contributed by atoms with Crippen LogP contribution in [0.4, 0.5) is 15.9 Å². The molecule has 2 aliphatic rings. The topological polar surface area (TPSA) is 98.7 Å². The Morgan fingerprint density at radius 3 is 3.00 bits per heavy atom. The number of ketones is 1. The van der Waals surface area contributed by atoms with Crippen LogP contribution in [-0.4, -0.2) is 32.1 Å². The summed E-state index contributed by atoms with van der Waals surface area (Å²) in [5.41, 5.74) is 7.32. The first-order valence-electron chi connectivity index (χ1n) is 10.2. The predicted molar refractivity (Wildman–Crippen MR) is 117 cm³/mol. The van der Waals surface area contributed by atoms with Crippen LogP contribution in [0, 0.1) is 11.7 Å². The van der Waals surface area contributed by atoms with Gasteiger partial charge < -0.3 is 11.1 Å². The molecule has 1 spiro atoms. The molecule has 0 bridgehead atoms. The molecule has 9 heteroatoms. The van der Waals surface area contributed by atoms with Gasteiger partial charge >= 0.3 is 0 Å². The number of carbonyl (C=O) groups is 1. The maximum absolute atomic E-state index is 15.2. The fourth-order valence-electron chi connectivity index (χ4n) is 5.16. The molecule has 0 amide bonds. The number of nitrogens with one attached hydrogen (secondary N) is 1. The van der Waals surface area contributed by atoms with E-state index >= 15 is 4.39 Å². The van der Waals surface area contributed by atoms with Crippen molar-refractivity contribution in [1.82, 2.24) is 19.7 Å². The second kappa shape index (κ2) is 7.30. The van der Waals surface area contributed by atoms with Crippen molar-refractivity contribution < 1.29 is 9.18 Å². The number of hydrogen-bond acceptors (Lipinski definition) is 6. The third-order valence-corrected chi connectivity index (χ3v) is 6.97. The lowest BCUT2D eigenvalue weighted by atomic mass is 9.79. The smallest absolute Gasteiger partial charge is 0.164 e. The Hall–Kier alpha value is -3.00. The zero-order chi connectivity index (χ0) is 21.8. The molecule has 7 nitrogen and oxygen atoms in total. The third-order valence-electron chi connectivity index (χ3n) is 6.58. The normalized spacial score (nSPS) is 22.0. The highest BCUT2D eigenvalue weighted by molar-refractivity contribution is 6.34. The summed E-state index contributed by atoms with van der Waals surface area (Å²) in [5.74, 6) is 0.100. The van der Waals surface area contributed by atoms with Gasteiger partial charge in [-0.3, -0.25) is 9.48 Å². The molecule has 1 fully saturated rings. The van der Waals surface area contributed by atoms with Gasteiger partial charge in [0, 0.05) is 47.1 Å². The highest BCUT2D eigenvalue weighted by Gasteiger charge is 2.47. The largest absolute Gasteiger partial charge is 0.398 e. The first kappa shape index (κ1) is 19.9. The van der Waals surface area contributed by atoms with Gasteiger partial charge in [0.2, 0.25) is 0 Å². The molecular formula is C22H22ClFN6O. The lowest BCUT2D eigenvalue weighted by molar-refractivity contribution is 0.101. The monoisotopic (exact) mass is 440 g/mol. The van der Waals surface area contributed by atoms with E-state index in [1.807, 2.05) is 4.68 Å². The van der Waals surface area contributed by atoms with Gasteiger partial charge in [0.05, 0.1) is 10.6 Å². The molecule has 2 unspecified atom stereocenters. The van der Waals surface area contributed by atoms with Gasteiger partial charge in [0.15, 0.2) is 5.78 Å². The maximum atomic E-state index is 15.2. The highest BCUT2D eigenvalue weighted by Crippen LogP contribution is 2.53. The van der Waals surface area contributed by atoms with Gasteiger partial charge in [0.1, 0.15) is 24.3 Å². The third kappa shape index (κ3) is 3.17. The Labute approximate surface area is 183 Å². The summed E-state index contributed by atoms with van der Waals surface area (Å²) >= 11 is 6.90. The minimum atomic E-state index is -0.661. The molecule has 5 rings (SSSR count). The Bertz CT molecular complexity index is 1180. The van der Waals surface area contributed by atoms with E-state index in [4.69, 9.17) is 17.3 Å². The van der Waals surface area contributed by atoms with Crippen molar-refractivity contribution in [1.29, 1.82) is 0 Å². The fourth-order valence-corrected chi connectivity index (χ4v) is 5.61. The SMILES string of the molecule is CC(=O)c1c(N)ccc(-c2cnc3c(c2Cl)C2(CCC(Cn4cncn4)C2)CN3)c1F. The second-order valence-electron chi connectivity index (χ2n) is 8.52. The number of fused-ring (bicyclic) bond motifs is 2. The number of rotatable bonds is 4. The molecule has 1 saturated carbocycles. The molecule has 2 atom stereocenters. The standard InChI is InChI=1S/C22H22ClFN6O/c1-12(31)17-16(25)3-2-14(20(17)24)15-7-27-21-18(19(15)23)22(9-28-21)5-4-13(6-22)8-30-11-26-10-29-30/h2-3,7,10-11,13H,4-6,8-9,25H2,1H3,(H,27,28). The minimum Gasteiger partial charge on any atom is -0.398 e. The van der Waals surface area contributed by atoms with Gasteiger partial charge in [-0.25, -0.2) is 14.4 Å². The molecular weight excluding hydrogens is 419 g/mol.